The van der Waals surface area contributed by atoms with Gasteiger partial charge in [0.15, 0.2) is 0 Å². The van der Waals surface area contributed by atoms with Crippen molar-refractivity contribution < 1.29 is 9.66 Å². The lowest BCUT2D eigenvalue weighted by Gasteiger charge is -2.23. The molecule has 1 N–H and O–H groups in total. The Morgan fingerprint density at radius 2 is 2.12 bits per heavy atom. The summed E-state index contributed by atoms with van der Waals surface area (Å²) in [4.78, 5) is 10.1. The quantitative estimate of drug-likeness (QED) is 0.629. The van der Waals surface area contributed by atoms with E-state index >= 15 is 0 Å². The van der Waals surface area contributed by atoms with Gasteiger partial charge in [-0.05, 0) is 25.0 Å². The summed E-state index contributed by atoms with van der Waals surface area (Å²) in [6.07, 6.45) is 2.14. The lowest BCUT2D eigenvalue weighted by atomic mass is 10.1. The second kappa shape index (κ2) is 4.94. The molecule has 1 aliphatic rings. The maximum atomic E-state index is 10.5. The molecule has 1 fully saturated rings. The van der Waals surface area contributed by atoms with Gasteiger partial charge in [0, 0.05) is 30.5 Å². The van der Waals surface area contributed by atoms with Crippen LogP contribution in [0.3, 0.4) is 0 Å². The highest BCUT2D eigenvalue weighted by molar-refractivity contribution is 5.49. The number of anilines is 1. The first-order valence-electron chi connectivity index (χ1n) is 5.34. The van der Waals surface area contributed by atoms with Crippen LogP contribution in [0.1, 0.15) is 12.8 Å². The first-order valence-corrected chi connectivity index (χ1v) is 5.34. The van der Waals surface area contributed by atoms with E-state index in [9.17, 15) is 10.1 Å². The van der Waals surface area contributed by atoms with Crippen molar-refractivity contribution in [3.05, 3.63) is 34.4 Å². The van der Waals surface area contributed by atoms with Gasteiger partial charge in [0.05, 0.1) is 11.5 Å². The molecular formula is C11H14N2O3. The molecular weight excluding hydrogens is 208 g/mol. The summed E-state index contributed by atoms with van der Waals surface area (Å²) < 4.78 is 5.35. The Morgan fingerprint density at radius 3 is 2.69 bits per heavy atom. The Morgan fingerprint density at radius 1 is 1.38 bits per heavy atom. The molecule has 1 heterocycles. The summed E-state index contributed by atoms with van der Waals surface area (Å²) in [5.41, 5.74) is 1.02. The van der Waals surface area contributed by atoms with Crippen LogP contribution in [0, 0.1) is 10.1 Å². The molecule has 0 saturated carbocycles. The number of nitrogens with one attached hydrogen (secondary N) is 1. The summed E-state index contributed by atoms with van der Waals surface area (Å²) >= 11 is 0. The van der Waals surface area contributed by atoms with Crippen molar-refractivity contribution >= 4 is 11.4 Å². The molecule has 1 aromatic rings. The van der Waals surface area contributed by atoms with Gasteiger partial charge in [-0.25, -0.2) is 0 Å². The van der Waals surface area contributed by atoms with E-state index < -0.39 is 4.92 Å². The molecule has 1 aromatic carbocycles. The van der Waals surface area contributed by atoms with Crippen molar-refractivity contribution in [1.29, 1.82) is 0 Å². The molecule has 5 heteroatoms. The molecule has 2 rings (SSSR count). The standard InChI is InChI=1S/C11H14N2O3/c14-13(15)11-5-3-9(4-6-11)12-10-2-1-7-16-8-10/h3-6,10,12H,1-2,7-8H2. The van der Waals surface area contributed by atoms with Crippen LogP contribution in [0.2, 0.25) is 0 Å². The second-order valence-electron chi connectivity index (χ2n) is 3.86. The van der Waals surface area contributed by atoms with E-state index in [-0.39, 0.29) is 5.69 Å². The van der Waals surface area contributed by atoms with Crippen LogP contribution in [0.25, 0.3) is 0 Å². The Kier molecular flexibility index (Phi) is 3.36. The Hall–Kier alpha value is -1.62. The number of benzene rings is 1. The molecule has 0 radical (unpaired) electrons. The SMILES string of the molecule is O=[N+]([O-])c1ccc(NC2CCCOC2)cc1. The number of nitrogens with zero attached hydrogens (tertiary/aromatic N) is 1. The van der Waals surface area contributed by atoms with E-state index in [0.29, 0.717) is 12.6 Å². The van der Waals surface area contributed by atoms with Crippen molar-refractivity contribution in [2.24, 2.45) is 0 Å². The van der Waals surface area contributed by atoms with Gasteiger partial charge in [-0.3, -0.25) is 10.1 Å². The molecule has 0 aliphatic carbocycles. The molecule has 16 heavy (non-hydrogen) atoms. The largest absolute Gasteiger partial charge is 0.380 e. The van der Waals surface area contributed by atoms with E-state index in [4.69, 9.17) is 4.74 Å². The smallest absolute Gasteiger partial charge is 0.269 e. The molecule has 1 atom stereocenters. The number of nitro groups is 1. The minimum Gasteiger partial charge on any atom is -0.380 e. The summed E-state index contributed by atoms with van der Waals surface area (Å²) in [6.45, 7) is 1.54. The first kappa shape index (κ1) is 10.9. The predicted octanol–water partition coefficient (Wildman–Crippen LogP) is 2.19. The van der Waals surface area contributed by atoms with Gasteiger partial charge in [-0.1, -0.05) is 0 Å². The predicted molar refractivity (Wildman–Crippen MR) is 60.6 cm³/mol. The zero-order valence-corrected chi connectivity index (χ0v) is 8.89. The van der Waals surface area contributed by atoms with E-state index in [0.717, 1.165) is 25.1 Å². The molecule has 0 bridgehead atoms. The van der Waals surface area contributed by atoms with Gasteiger partial charge in [0.25, 0.3) is 5.69 Å². The van der Waals surface area contributed by atoms with Crippen LogP contribution in [0.5, 0.6) is 0 Å². The second-order valence-corrected chi connectivity index (χ2v) is 3.86. The molecule has 1 unspecified atom stereocenters. The fraction of sp³-hybridized carbons (Fsp3) is 0.455. The third-order valence-corrected chi connectivity index (χ3v) is 2.61. The number of hydrogen-bond acceptors (Lipinski definition) is 4. The normalized spacial score (nSPS) is 20.4. The number of rotatable bonds is 3. The van der Waals surface area contributed by atoms with Gasteiger partial charge < -0.3 is 10.1 Å². The number of hydrogen-bond donors (Lipinski definition) is 1. The fourth-order valence-electron chi connectivity index (χ4n) is 1.77. The van der Waals surface area contributed by atoms with Crippen LogP contribution in [-0.4, -0.2) is 24.2 Å². The first-order chi connectivity index (χ1) is 7.75. The zero-order chi connectivity index (χ0) is 11.4. The minimum absolute atomic E-state index is 0.116. The van der Waals surface area contributed by atoms with E-state index in [2.05, 4.69) is 5.32 Å². The third-order valence-electron chi connectivity index (χ3n) is 2.61. The number of non-ortho nitro benzene ring substituents is 1. The number of ether oxygens (including phenoxy) is 1. The third kappa shape index (κ3) is 2.70. The van der Waals surface area contributed by atoms with E-state index in [1.165, 1.54) is 12.1 Å². The average Bonchev–Trinajstić information content (AvgIpc) is 2.31. The molecule has 0 spiro atoms. The maximum Gasteiger partial charge on any atom is 0.269 e. The molecule has 1 saturated heterocycles. The molecule has 0 amide bonds. The zero-order valence-electron chi connectivity index (χ0n) is 8.89. The topological polar surface area (TPSA) is 64.4 Å². The van der Waals surface area contributed by atoms with Crippen molar-refractivity contribution in [2.75, 3.05) is 18.5 Å². The van der Waals surface area contributed by atoms with Gasteiger partial charge >= 0.3 is 0 Å². The highest BCUT2D eigenvalue weighted by Crippen LogP contribution is 2.18. The van der Waals surface area contributed by atoms with Gasteiger partial charge in [-0.2, -0.15) is 0 Å². The van der Waals surface area contributed by atoms with Gasteiger partial charge in [0.1, 0.15) is 0 Å². The fourth-order valence-corrected chi connectivity index (χ4v) is 1.77. The highest BCUT2D eigenvalue weighted by Gasteiger charge is 2.13. The van der Waals surface area contributed by atoms with Gasteiger partial charge in [0.2, 0.25) is 0 Å². The minimum atomic E-state index is -0.395. The molecule has 86 valence electrons. The van der Waals surface area contributed by atoms with Crippen molar-refractivity contribution in [3.8, 4) is 0 Å². The van der Waals surface area contributed by atoms with Crippen LogP contribution in [0.4, 0.5) is 11.4 Å². The Labute approximate surface area is 93.6 Å². The van der Waals surface area contributed by atoms with Crippen LogP contribution < -0.4 is 5.32 Å². The molecule has 0 aromatic heterocycles. The molecule has 5 nitrogen and oxygen atoms in total. The van der Waals surface area contributed by atoms with Crippen LogP contribution in [-0.2, 0) is 4.74 Å². The summed E-state index contributed by atoms with van der Waals surface area (Å²) in [7, 11) is 0. The highest BCUT2D eigenvalue weighted by atomic mass is 16.6. The number of nitro benzene ring substituents is 1. The lowest BCUT2D eigenvalue weighted by Crippen LogP contribution is -2.29. The van der Waals surface area contributed by atoms with E-state index in [1.807, 2.05) is 0 Å². The summed E-state index contributed by atoms with van der Waals surface area (Å²) in [6, 6.07) is 6.78. The van der Waals surface area contributed by atoms with Crippen LogP contribution in [0.15, 0.2) is 24.3 Å². The van der Waals surface area contributed by atoms with Crippen molar-refractivity contribution in [1.82, 2.24) is 0 Å². The van der Waals surface area contributed by atoms with Crippen molar-refractivity contribution in [3.63, 3.8) is 0 Å². The average molecular weight is 222 g/mol. The van der Waals surface area contributed by atoms with Crippen molar-refractivity contribution in [2.45, 2.75) is 18.9 Å². The van der Waals surface area contributed by atoms with E-state index in [1.54, 1.807) is 12.1 Å². The Balaban J connectivity index is 1.96. The lowest BCUT2D eigenvalue weighted by molar-refractivity contribution is -0.384. The van der Waals surface area contributed by atoms with Gasteiger partial charge in [-0.15, -0.1) is 0 Å². The van der Waals surface area contributed by atoms with Crippen LogP contribution >= 0.6 is 0 Å². The molecule has 1 aliphatic heterocycles. The monoisotopic (exact) mass is 222 g/mol. The maximum absolute atomic E-state index is 10.5. The Bertz CT molecular complexity index is 358. The summed E-state index contributed by atoms with van der Waals surface area (Å²) in [5.74, 6) is 0. The summed E-state index contributed by atoms with van der Waals surface area (Å²) in [5, 5.41) is 13.8.